The third kappa shape index (κ3) is 3.98. The molecule has 0 spiro atoms. The van der Waals surface area contributed by atoms with Gasteiger partial charge in [-0.15, -0.1) is 0 Å². The van der Waals surface area contributed by atoms with Gasteiger partial charge in [-0.3, -0.25) is 9.78 Å². The molecule has 2 heterocycles. The molecule has 25 heavy (non-hydrogen) atoms. The second-order valence-corrected chi connectivity index (χ2v) is 5.64. The van der Waals surface area contributed by atoms with E-state index in [1.165, 1.54) is 0 Å². The maximum atomic E-state index is 12.5. The SMILES string of the molecule is Cc1cc(C)nc(Oc2ccc(C(=O)N(C)c3cccnc3)cc2)n1. The fraction of sp³-hybridized carbons (Fsp3) is 0.158. The minimum Gasteiger partial charge on any atom is -0.424 e. The van der Waals surface area contributed by atoms with E-state index in [1.807, 2.05) is 26.0 Å². The molecular weight excluding hydrogens is 316 g/mol. The lowest BCUT2D eigenvalue weighted by Crippen LogP contribution is -2.26. The van der Waals surface area contributed by atoms with Gasteiger partial charge < -0.3 is 9.64 Å². The van der Waals surface area contributed by atoms with Crippen molar-refractivity contribution in [1.29, 1.82) is 0 Å². The number of carbonyl (C=O) groups excluding carboxylic acids is 1. The van der Waals surface area contributed by atoms with Crippen LogP contribution in [0, 0.1) is 13.8 Å². The van der Waals surface area contributed by atoms with Crippen molar-refractivity contribution in [3.05, 3.63) is 71.8 Å². The molecule has 6 nitrogen and oxygen atoms in total. The van der Waals surface area contributed by atoms with Crippen molar-refractivity contribution in [2.75, 3.05) is 11.9 Å². The molecule has 1 amide bonds. The van der Waals surface area contributed by atoms with Crippen LogP contribution in [0.5, 0.6) is 11.8 Å². The summed E-state index contributed by atoms with van der Waals surface area (Å²) >= 11 is 0. The van der Waals surface area contributed by atoms with Crippen molar-refractivity contribution in [2.45, 2.75) is 13.8 Å². The minimum atomic E-state index is -0.123. The fourth-order valence-corrected chi connectivity index (χ4v) is 2.37. The van der Waals surface area contributed by atoms with Gasteiger partial charge in [0.25, 0.3) is 5.91 Å². The molecule has 0 fully saturated rings. The first-order chi connectivity index (χ1) is 12.0. The smallest absolute Gasteiger partial charge is 0.322 e. The van der Waals surface area contributed by atoms with Crippen LogP contribution < -0.4 is 9.64 Å². The molecule has 3 aromatic rings. The molecule has 0 aliphatic heterocycles. The van der Waals surface area contributed by atoms with Gasteiger partial charge in [-0.25, -0.2) is 9.97 Å². The molecule has 0 saturated carbocycles. The van der Waals surface area contributed by atoms with Gasteiger partial charge in [0.2, 0.25) is 0 Å². The summed E-state index contributed by atoms with van der Waals surface area (Å²) in [4.78, 5) is 26.6. The first-order valence-electron chi connectivity index (χ1n) is 7.81. The number of anilines is 1. The monoisotopic (exact) mass is 334 g/mol. The summed E-state index contributed by atoms with van der Waals surface area (Å²) in [5.41, 5.74) is 2.97. The maximum Gasteiger partial charge on any atom is 0.322 e. The Morgan fingerprint density at radius 1 is 1.04 bits per heavy atom. The second kappa shape index (κ2) is 7.09. The Bertz CT molecular complexity index is 859. The molecule has 0 N–H and O–H groups in total. The molecule has 0 radical (unpaired) electrons. The highest BCUT2D eigenvalue weighted by atomic mass is 16.5. The Kier molecular flexibility index (Phi) is 4.70. The largest absolute Gasteiger partial charge is 0.424 e. The van der Waals surface area contributed by atoms with Crippen molar-refractivity contribution in [2.24, 2.45) is 0 Å². The van der Waals surface area contributed by atoms with Gasteiger partial charge in [0.15, 0.2) is 0 Å². The summed E-state index contributed by atoms with van der Waals surface area (Å²) in [6.07, 6.45) is 3.32. The van der Waals surface area contributed by atoms with Crippen LogP contribution in [-0.2, 0) is 0 Å². The number of aromatic nitrogens is 3. The number of hydrogen-bond donors (Lipinski definition) is 0. The number of amides is 1. The summed E-state index contributed by atoms with van der Waals surface area (Å²) in [7, 11) is 1.72. The molecule has 0 saturated heterocycles. The molecule has 2 aromatic heterocycles. The molecule has 0 atom stereocenters. The van der Waals surface area contributed by atoms with Crippen LogP contribution in [0.2, 0.25) is 0 Å². The van der Waals surface area contributed by atoms with E-state index in [-0.39, 0.29) is 5.91 Å². The van der Waals surface area contributed by atoms with Crippen molar-refractivity contribution in [1.82, 2.24) is 15.0 Å². The number of pyridine rings is 1. The molecule has 1 aromatic carbocycles. The summed E-state index contributed by atoms with van der Waals surface area (Å²) in [5, 5.41) is 0. The van der Waals surface area contributed by atoms with Gasteiger partial charge >= 0.3 is 6.01 Å². The Hall–Kier alpha value is -3.28. The number of ether oxygens (including phenoxy) is 1. The number of nitrogens with zero attached hydrogens (tertiary/aromatic N) is 4. The zero-order chi connectivity index (χ0) is 17.8. The van der Waals surface area contributed by atoms with E-state index < -0.39 is 0 Å². The highest BCUT2D eigenvalue weighted by molar-refractivity contribution is 6.05. The van der Waals surface area contributed by atoms with E-state index in [4.69, 9.17) is 4.74 Å². The lowest BCUT2D eigenvalue weighted by atomic mass is 10.2. The second-order valence-electron chi connectivity index (χ2n) is 5.64. The lowest BCUT2D eigenvalue weighted by molar-refractivity contribution is 0.0993. The lowest BCUT2D eigenvalue weighted by Gasteiger charge is -2.16. The van der Waals surface area contributed by atoms with Gasteiger partial charge in [0, 0.05) is 30.2 Å². The van der Waals surface area contributed by atoms with E-state index in [0.29, 0.717) is 17.3 Å². The number of rotatable bonds is 4. The predicted molar refractivity (Wildman–Crippen MR) is 95.0 cm³/mol. The summed E-state index contributed by atoms with van der Waals surface area (Å²) in [6, 6.07) is 12.7. The van der Waals surface area contributed by atoms with Crippen LogP contribution in [0.1, 0.15) is 21.7 Å². The van der Waals surface area contributed by atoms with Gasteiger partial charge in [-0.2, -0.15) is 0 Å². The van der Waals surface area contributed by atoms with Crippen molar-refractivity contribution in [3.8, 4) is 11.8 Å². The Balaban J connectivity index is 1.74. The van der Waals surface area contributed by atoms with Gasteiger partial charge in [-0.1, -0.05) is 0 Å². The molecule has 0 bridgehead atoms. The average Bonchev–Trinajstić information content (AvgIpc) is 2.61. The third-order valence-corrected chi connectivity index (χ3v) is 3.61. The first kappa shape index (κ1) is 16.6. The molecule has 0 unspecified atom stereocenters. The third-order valence-electron chi connectivity index (χ3n) is 3.61. The highest BCUT2D eigenvalue weighted by Gasteiger charge is 2.13. The van der Waals surface area contributed by atoms with Crippen LogP contribution in [-0.4, -0.2) is 27.9 Å². The summed E-state index contributed by atoms with van der Waals surface area (Å²) in [6.45, 7) is 3.77. The van der Waals surface area contributed by atoms with Crippen LogP contribution in [0.4, 0.5) is 5.69 Å². The zero-order valence-electron chi connectivity index (χ0n) is 14.3. The van der Waals surface area contributed by atoms with Gasteiger partial charge in [0.05, 0.1) is 11.9 Å². The quantitative estimate of drug-likeness (QED) is 0.730. The average molecular weight is 334 g/mol. The molecule has 0 aliphatic carbocycles. The zero-order valence-corrected chi connectivity index (χ0v) is 14.3. The highest BCUT2D eigenvalue weighted by Crippen LogP contribution is 2.20. The Labute approximate surface area is 146 Å². The number of aryl methyl sites for hydroxylation is 2. The summed E-state index contributed by atoms with van der Waals surface area (Å²) in [5.74, 6) is 0.452. The van der Waals surface area contributed by atoms with E-state index in [2.05, 4.69) is 15.0 Å². The van der Waals surface area contributed by atoms with Gasteiger partial charge in [-0.05, 0) is 56.3 Å². The van der Waals surface area contributed by atoms with Crippen LogP contribution >= 0.6 is 0 Å². The van der Waals surface area contributed by atoms with Crippen LogP contribution in [0.25, 0.3) is 0 Å². The van der Waals surface area contributed by atoms with E-state index in [1.54, 1.807) is 54.7 Å². The van der Waals surface area contributed by atoms with Crippen molar-refractivity contribution >= 4 is 11.6 Å². The molecule has 126 valence electrons. The van der Waals surface area contributed by atoms with Crippen molar-refractivity contribution < 1.29 is 9.53 Å². The molecular formula is C19H18N4O2. The predicted octanol–water partition coefficient (Wildman–Crippen LogP) is 3.56. The Morgan fingerprint density at radius 3 is 2.32 bits per heavy atom. The number of hydrogen-bond acceptors (Lipinski definition) is 5. The number of benzene rings is 1. The number of carbonyl (C=O) groups is 1. The van der Waals surface area contributed by atoms with E-state index >= 15 is 0 Å². The maximum absolute atomic E-state index is 12.5. The van der Waals surface area contributed by atoms with Crippen LogP contribution in [0.15, 0.2) is 54.9 Å². The minimum absolute atomic E-state index is 0.123. The van der Waals surface area contributed by atoms with Crippen LogP contribution in [0.3, 0.4) is 0 Å². The summed E-state index contributed by atoms with van der Waals surface area (Å²) < 4.78 is 5.66. The Morgan fingerprint density at radius 2 is 1.72 bits per heavy atom. The van der Waals surface area contributed by atoms with Gasteiger partial charge in [0.1, 0.15) is 5.75 Å². The van der Waals surface area contributed by atoms with Crippen molar-refractivity contribution in [3.63, 3.8) is 0 Å². The molecule has 0 aliphatic rings. The normalized spacial score (nSPS) is 10.4. The topological polar surface area (TPSA) is 68.2 Å². The molecule has 3 rings (SSSR count). The first-order valence-corrected chi connectivity index (χ1v) is 7.81. The fourth-order valence-electron chi connectivity index (χ4n) is 2.37. The standard InChI is InChI=1S/C19H18N4O2/c1-13-11-14(2)22-19(21-13)25-17-8-6-15(7-9-17)18(24)23(3)16-5-4-10-20-12-16/h4-12H,1-3H3. The molecule has 6 heteroatoms. The van der Waals surface area contributed by atoms with E-state index in [0.717, 1.165) is 17.1 Å². The van der Waals surface area contributed by atoms with E-state index in [9.17, 15) is 4.79 Å².